The molecule has 0 saturated heterocycles. The minimum atomic E-state index is -0.468. The molecule has 2 aliphatic carbocycles. The van der Waals surface area contributed by atoms with Crippen LogP contribution >= 0.6 is 11.6 Å². The monoisotopic (exact) mass is 524 g/mol. The van der Waals surface area contributed by atoms with Gasteiger partial charge in [-0.2, -0.15) is 0 Å². The first-order valence-electron chi connectivity index (χ1n) is 14.1. The quantitative estimate of drug-likeness (QED) is 0.218. The molecule has 1 aliphatic heterocycles. The first kappa shape index (κ1) is 23.1. The van der Waals surface area contributed by atoms with Gasteiger partial charge in [0.2, 0.25) is 0 Å². The zero-order valence-electron chi connectivity index (χ0n) is 21.7. The number of hydrogen-bond acceptors (Lipinski definition) is 1. The molecule has 1 spiro atoms. The van der Waals surface area contributed by atoms with Crippen LogP contribution in [0.4, 0.5) is 0 Å². The Hall–Kier alpha value is -3.81. The molecule has 5 aromatic carbocycles. The summed E-state index contributed by atoms with van der Waals surface area (Å²) < 4.78 is 6.92. The maximum absolute atomic E-state index is 7.04. The maximum Gasteiger partial charge on any atom is 0.135 e. The largest absolute Gasteiger partial charge is 0.456 e. The van der Waals surface area contributed by atoms with E-state index >= 15 is 0 Å². The van der Waals surface area contributed by atoms with Crippen LogP contribution in [0.5, 0.6) is 11.5 Å². The molecule has 1 heterocycles. The zero-order chi connectivity index (χ0) is 26.0. The van der Waals surface area contributed by atoms with Crippen molar-refractivity contribution in [3.05, 3.63) is 154 Å². The zero-order valence-corrected chi connectivity index (χ0v) is 22.5. The molecule has 0 aromatic heterocycles. The lowest BCUT2D eigenvalue weighted by Gasteiger charge is -2.41. The molecular weight excluding hydrogens is 496 g/mol. The highest BCUT2D eigenvalue weighted by molar-refractivity contribution is 6.30. The third-order valence-corrected chi connectivity index (χ3v) is 9.55. The summed E-state index contributed by atoms with van der Waals surface area (Å²) in [6.45, 7) is 0. The van der Waals surface area contributed by atoms with Crippen LogP contribution in [0.3, 0.4) is 0 Å². The second kappa shape index (κ2) is 8.86. The van der Waals surface area contributed by atoms with Crippen molar-refractivity contribution in [3.63, 3.8) is 0 Å². The van der Waals surface area contributed by atoms with E-state index in [1.807, 2.05) is 0 Å². The van der Waals surface area contributed by atoms with Gasteiger partial charge in [-0.15, -0.1) is 0 Å². The number of para-hydroxylation sites is 1. The van der Waals surface area contributed by atoms with E-state index in [-0.39, 0.29) is 0 Å². The normalized spacial score (nSPS) is 19.9. The van der Waals surface area contributed by atoms with Gasteiger partial charge in [-0.3, -0.25) is 0 Å². The lowest BCUT2D eigenvalue weighted by atomic mass is 9.65. The molecule has 2 heteroatoms. The van der Waals surface area contributed by atoms with Crippen LogP contribution in [-0.2, 0) is 5.41 Å². The van der Waals surface area contributed by atoms with E-state index in [1.165, 1.54) is 57.3 Å². The number of halogens is 1. The van der Waals surface area contributed by atoms with E-state index in [1.54, 1.807) is 0 Å². The summed E-state index contributed by atoms with van der Waals surface area (Å²) in [4.78, 5) is 0. The fourth-order valence-electron chi connectivity index (χ4n) is 7.75. The average Bonchev–Trinajstić information content (AvgIpc) is 3.29. The van der Waals surface area contributed by atoms with Gasteiger partial charge < -0.3 is 4.74 Å². The molecule has 0 N–H and O–H groups in total. The molecule has 39 heavy (non-hydrogen) atoms. The van der Waals surface area contributed by atoms with Crippen molar-refractivity contribution in [2.45, 2.75) is 42.9 Å². The molecule has 1 fully saturated rings. The summed E-state index contributed by atoms with van der Waals surface area (Å²) in [6.07, 6.45) is 4.71. The van der Waals surface area contributed by atoms with Gasteiger partial charge in [0, 0.05) is 16.1 Å². The van der Waals surface area contributed by atoms with Crippen molar-refractivity contribution in [2.24, 2.45) is 0 Å². The first-order valence-corrected chi connectivity index (χ1v) is 14.5. The minimum Gasteiger partial charge on any atom is -0.456 e. The number of benzene rings is 5. The number of rotatable bonds is 2. The van der Waals surface area contributed by atoms with Gasteiger partial charge >= 0.3 is 0 Å². The van der Waals surface area contributed by atoms with E-state index < -0.39 is 5.41 Å². The highest BCUT2D eigenvalue weighted by Gasteiger charge is 2.51. The van der Waals surface area contributed by atoms with Gasteiger partial charge in [-0.1, -0.05) is 115 Å². The van der Waals surface area contributed by atoms with E-state index in [0.29, 0.717) is 11.8 Å². The highest BCUT2D eigenvalue weighted by atomic mass is 35.5. The van der Waals surface area contributed by atoms with Crippen LogP contribution in [0.25, 0.3) is 11.1 Å². The van der Waals surface area contributed by atoms with Gasteiger partial charge in [0.1, 0.15) is 11.5 Å². The molecular formula is C37H29ClO. The topological polar surface area (TPSA) is 9.23 Å². The minimum absolute atomic E-state index is 0.394. The molecule has 190 valence electrons. The predicted octanol–water partition coefficient (Wildman–Crippen LogP) is 10.3. The summed E-state index contributed by atoms with van der Waals surface area (Å²) in [5.41, 5.74) is 9.79. The molecule has 0 radical (unpaired) electrons. The van der Waals surface area contributed by atoms with Gasteiger partial charge in [0.15, 0.2) is 0 Å². The highest BCUT2D eigenvalue weighted by Crippen LogP contribution is 2.63. The Balaban J connectivity index is 1.38. The summed E-state index contributed by atoms with van der Waals surface area (Å²) >= 11 is 7.04. The smallest absolute Gasteiger partial charge is 0.135 e. The fraction of sp³-hybridized carbons (Fsp3) is 0.189. The first-order chi connectivity index (χ1) is 19.2. The van der Waals surface area contributed by atoms with Crippen molar-refractivity contribution in [3.8, 4) is 22.6 Å². The van der Waals surface area contributed by atoms with Crippen LogP contribution in [0.2, 0.25) is 5.02 Å². The lowest BCUT2D eigenvalue weighted by Crippen LogP contribution is -2.33. The third kappa shape index (κ3) is 3.33. The summed E-state index contributed by atoms with van der Waals surface area (Å²) in [5, 5.41) is 0.787. The van der Waals surface area contributed by atoms with Crippen LogP contribution in [0.1, 0.15) is 70.9 Å². The summed E-state index contributed by atoms with van der Waals surface area (Å²) in [6, 6.07) is 41.7. The Bertz CT molecular complexity index is 1670. The number of hydrogen-bond donors (Lipinski definition) is 0. The van der Waals surface area contributed by atoms with Crippen LogP contribution < -0.4 is 4.74 Å². The molecule has 0 amide bonds. The van der Waals surface area contributed by atoms with Crippen LogP contribution in [0.15, 0.2) is 115 Å². The van der Waals surface area contributed by atoms with Gasteiger partial charge in [0.05, 0.1) is 5.41 Å². The van der Waals surface area contributed by atoms with Crippen molar-refractivity contribution in [1.29, 1.82) is 0 Å². The Morgan fingerprint density at radius 1 is 0.615 bits per heavy atom. The Morgan fingerprint density at radius 3 is 1.97 bits per heavy atom. The molecule has 1 saturated carbocycles. The summed E-state index contributed by atoms with van der Waals surface area (Å²) in [5.74, 6) is 2.89. The van der Waals surface area contributed by atoms with Gasteiger partial charge in [0.25, 0.3) is 0 Å². The van der Waals surface area contributed by atoms with Crippen molar-refractivity contribution < 1.29 is 4.74 Å². The molecule has 5 aromatic rings. The van der Waals surface area contributed by atoms with E-state index in [4.69, 9.17) is 16.3 Å². The van der Waals surface area contributed by atoms with Crippen molar-refractivity contribution >= 4 is 11.6 Å². The maximum atomic E-state index is 7.04. The fourth-order valence-corrected chi connectivity index (χ4v) is 7.97. The van der Waals surface area contributed by atoms with Crippen molar-refractivity contribution in [2.75, 3.05) is 0 Å². The Kier molecular flexibility index (Phi) is 5.25. The standard InChI is InChI=1S/C37H29ClO/c38-27-22-30(26-14-10-13-25(21-26)24-11-2-1-3-12-24)36-34(23-27)37(33-19-8-9-20-35(33)39-36)31-17-6-4-15-28(31)29-16-5-7-18-32(29)37/h1-9,11-12,15-20,22-23,25-26H,10,13-14,21H2. The van der Waals surface area contributed by atoms with Gasteiger partial charge in [-0.05, 0) is 82.7 Å². The predicted molar refractivity (Wildman–Crippen MR) is 159 cm³/mol. The Labute approximate surface area is 235 Å². The Morgan fingerprint density at radius 2 is 1.23 bits per heavy atom. The molecule has 2 unspecified atom stereocenters. The second-order valence-electron chi connectivity index (χ2n) is 11.3. The third-order valence-electron chi connectivity index (χ3n) is 9.33. The lowest BCUT2D eigenvalue weighted by molar-refractivity contribution is 0.374. The number of fused-ring (bicyclic) bond motifs is 9. The second-order valence-corrected chi connectivity index (χ2v) is 11.7. The molecule has 0 bridgehead atoms. The number of ether oxygens (including phenoxy) is 1. The van der Waals surface area contributed by atoms with Gasteiger partial charge in [-0.25, -0.2) is 0 Å². The molecule has 2 atom stereocenters. The van der Waals surface area contributed by atoms with Crippen LogP contribution in [-0.4, -0.2) is 0 Å². The average molecular weight is 525 g/mol. The SMILES string of the molecule is Clc1cc(C2CCCC(c3ccccc3)C2)c2c(c1)C1(c3ccccc3O2)c2ccccc2-c2ccccc21. The molecule has 8 rings (SSSR count). The van der Waals surface area contributed by atoms with E-state index in [2.05, 4.69) is 115 Å². The van der Waals surface area contributed by atoms with Crippen molar-refractivity contribution in [1.82, 2.24) is 0 Å². The molecule has 3 aliphatic rings. The van der Waals surface area contributed by atoms with E-state index in [9.17, 15) is 0 Å². The molecule has 1 nitrogen and oxygen atoms in total. The van der Waals surface area contributed by atoms with Crippen LogP contribution in [0, 0.1) is 0 Å². The van der Waals surface area contributed by atoms with E-state index in [0.717, 1.165) is 29.4 Å². The summed E-state index contributed by atoms with van der Waals surface area (Å²) in [7, 11) is 0.